The van der Waals surface area contributed by atoms with Crippen LogP contribution in [0, 0.1) is 0 Å². The highest BCUT2D eigenvalue weighted by atomic mass is 16.4. The summed E-state index contributed by atoms with van der Waals surface area (Å²) in [4.78, 5) is 14.1. The van der Waals surface area contributed by atoms with E-state index in [1.54, 1.807) is 24.3 Å². The van der Waals surface area contributed by atoms with Gasteiger partial charge in [0.1, 0.15) is 0 Å². The van der Waals surface area contributed by atoms with Gasteiger partial charge >= 0.3 is 0 Å². The van der Waals surface area contributed by atoms with Crippen LogP contribution in [0.4, 0.5) is 0 Å². The number of oxime groups is 1. The van der Waals surface area contributed by atoms with Gasteiger partial charge in [0.2, 0.25) is 0 Å². The Labute approximate surface area is 119 Å². The molecule has 0 unspecified atom stereocenters. The minimum absolute atomic E-state index is 0.0192. The smallest absolute Gasteiger partial charge is 0.251 e. The van der Waals surface area contributed by atoms with E-state index < -0.39 is 0 Å². The van der Waals surface area contributed by atoms with Crippen molar-refractivity contribution in [2.45, 2.75) is 19.4 Å². The third-order valence-electron chi connectivity index (χ3n) is 3.44. The monoisotopic (exact) mass is 278 g/mol. The standard InChI is InChI=1S/C14H22N4O2/c1-14(2,18(3)4)9-16-13(19)11-7-5-10(6-8-11)12(15)17-20/h5-8,20H,9H2,1-4H3,(H2,15,17)(H,16,19). The first-order chi connectivity index (χ1) is 9.27. The molecule has 0 radical (unpaired) electrons. The average Bonchev–Trinajstić information content (AvgIpc) is 2.44. The second-order valence-corrected chi connectivity index (χ2v) is 5.45. The summed E-state index contributed by atoms with van der Waals surface area (Å²) >= 11 is 0. The lowest BCUT2D eigenvalue weighted by Gasteiger charge is -2.32. The third kappa shape index (κ3) is 3.96. The lowest BCUT2D eigenvalue weighted by atomic mass is 10.0. The molecule has 4 N–H and O–H groups in total. The van der Waals surface area contributed by atoms with Crippen LogP contribution >= 0.6 is 0 Å². The maximum Gasteiger partial charge on any atom is 0.251 e. The van der Waals surface area contributed by atoms with E-state index in [1.807, 2.05) is 14.1 Å². The zero-order chi connectivity index (χ0) is 15.3. The summed E-state index contributed by atoms with van der Waals surface area (Å²) in [6.45, 7) is 4.64. The normalized spacial score (nSPS) is 12.6. The Kier molecular flexibility index (Phi) is 5.10. The van der Waals surface area contributed by atoms with Gasteiger partial charge < -0.3 is 21.2 Å². The van der Waals surface area contributed by atoms with Crippen molar-refractivity contribution in [3.05, 3.63) is 35.4 Å². The number of nitrogens with one attached hydrogen (secondary N) is 1. The van der Waals surface area contributed by atoms with E-state index in [0.29, 0.717) is 17.7 Å². The number of benzene rings is 1. The maximum atomic E-state index is 12.0. The van der Waals surface area contributed by atoms with Gasteiger partial charge in [-0.25, -0.2) is 0 Å². The predicted molar refractivity (Wildman–Crippen MR) is 79.1 cm³/mol. The number of carbonyl (C=O) groups is 1. The van der Waals surface area contributed by atoms with Gasteiger partial charge in [-0.15, -0.1) is 0 Å². The average molecular weight is 278 g/mol. The zero-order valence-electron chi connectivity index (χ0n) is 12.3. The fourth-order valence-electron chi connectivity index (χ4n) is 1.41. The zero-order valence-corrected chi connectivity index (χ0v) is 12.3. The molecule has 6 nitrogen and oxygen atoms in total. The predicted octanol–water partition coefficient (Wildman–Crippen LogP) is 0.851. The molecule has 110 valence electrons. The molecule has 1 amide bonds. The van der Waals surface area contributed by atoms with Crippen LogP contribution in [0.1, 0.15) is 29.8 Å². The molecule has 0 atom stereocenters. The molecule has 0 aliphatic rings. The van der Waals surface area contributed by atoms with Gasteiger partial charge in [-0.05, 0) is 40.1 Å². The number of amides is 1. The molecule has 6 heteroatoms. The minimum Gasteiger partial charge on any atom is -0.409 e. The minimum atomic E-state index is -0.147. The van der Waals surface area contributed by atoms with Crippen molar-refractivity contribution in [2.24, 2.45) is 10.9 Å². The number of amidine groups is 1. The Morgan fingerprint density at radius 3 is 2.25 bits per heavy atom. The summed E-state index contributed by atoms with van der Waals surface area (Å²) in [6.07, 6.45) is 0. The quantitative estimate of drug-likeness (QED) is 0.322. The number of likely N-dealkylation sites (N-methyl/N-ethyl adjacent to an activating group) is 1. The van der Waals surface area contributed by atoms with Crippen molar-refractivity contribution in [1.82, 2.24) is 10.2 Å². The maximum absolute atomic E-state index is 12.0. The van der Waals surface area contributed by atoms with E-state index in [9.17, 15) is 4.79 Å². The summed E-state index contributed by atoms with van der Waals surface area (Å²) in [5.74, 6) is -0.128. The summed E-state index contributed by atoms with van der Waals surface area (Å²) in [5.41, 5.74) is 6.45. The summed E-state index contributed by atoms with van der Waals surface area (Å²) in [6, 6.07) is 6.57. The first-order valence-electron chi connectivity index (χ1n) is 6.31. The van der Waals surface area contributed by atoms with E-state index in [0.717, 1.165) is 0 Å². The number of rotatable bonds is 5. The van der Waals surface area contributed by atoms with Crippen molar-refractivity contribution in [3.8, 4) is 0 Å². The summed E-state index contributed by atoms with van der Waals surface area (Å²) < 4.78 is 0. The van der Waals surface area contributed by atoms with Crippen LogP contribution in [0.25, 0.3) is 0 Å². The van der Waals surface area contributed by atoms with Gasteiger partial charge in [0, 0.05) is 23.2 Å². The van der Waals surface area contributed by atoms with E-state index in [2.05, 4.69) is 29.2 Å². The fraction of sp³-hybridized carbons (Fsp3) is 0.429. The van der Waals surface area contributed by atoms with Gasteiger partial charge in [0.25, 0.3) is 5.91 Å². The van der Waals surface area contributed by atoms with Crippen LogP contribution < -0.4 is 11.1 Å². The van der Waals surface area contributed by atoms with Crippen LogP contribution in [-0.2, 0) is 0 Å². The Hall–Kier alpha value is -2.08. The van der Waals surface area contributed by atoms with E-state index in [4.69, 9.17) is 10.9 Å². The molecular formula is C14H22N4O2. The lowest BCUT2D eigenvalue weighted by molar-refractivity contribution is 0.0919. The molecule has 1 aromatic rings. The van der Waals surface area contributed by atoms with E-state index in [1.165, 1.54) is 0 Å². The molecule has 1 rings (SSSR count). The highest BCUT2D eigenvalue weighted by Crippen LogP contribution is 2.09. The largest absolute Gasteiger partial charge is 0.409 e. The van der Waals surface area contributed by atoms with Crippen molar-refractivity contribution in [2.75, 3.05) is 20.6 Å². The van der Waals surface area contributed by atoms with Crippen LogP contribution in [0.3, 0.4) is 0 Å². The molecule has 0 fully saturated rings. The Morgan fingerprint density at radius 2 is 1.80 bits per heavy atom. The molecule has 1 aromatic carbocycles. The van der Waals surface area contributed by atoms with Gasteiger partial charge in [-0.2, -0.15) is 0 Å². The number of hydrogen-bond donors (Lipinski definition) is 3. The first-order valence-corrected chi connectivity index (χ1v) is 6.31. The van der Waals surface area contributed by atoms with Gasteiger partial charge in [-0.3, -0.25) is 4.79 Å². The van der Waals surface area contributed by atoms with Crippen molar-refractivity contribution < 1.29 is 10.0 Å². The third-order valence-corrected chi connectivity index (χ3v) is 3.44. The van der Waals surface area contributed by atoms with Crippen LogP contribution in [0.2, 0.25) is 0 Å². The SMILES string of the molecule is CN(C)C(C)(C)CNC(=O)c1ccc(C(N)=NO)cc1. The van der Waals surface area contributed by atoms with Crippen LogP contribution in [0.15, 0.2) is 29.4 Å². The number of nitrogens with zero attached hydrogens (tertiary/aromatic N) is 2. The van der Waals surface area contributed by atoms with E-state index >= 15 is 0 Å². The van der Waals surface area contributed by atoms with Crippen molar-refractivity contribution in [3.63, 3.8) is 0 Å². The Bertz CT molecular complexity index is 492. The van der Waals surface area contributed by atoms with Crippen LogP contribution in [0.5, 0.6) is 0 Å². The molecule has 20 heavy (non-hydrogen) atoms. The van der Waals surface area contributed by atoms with Gasteiger partial charge in [0.15, 0.2) is 5.84 Å². The second kappa shape index (κ2) is 6.38. The molecular weight excluding hydrogens is 256 g/mol. The number of hydrogen-bond acceptors (Lipinski definition) is 4. The summed E-state index contributed by atoms with van der Waals surface area (Å²) in [7, 11) is 3.94. The van der Waals surface area contributed by atoms with Crippen molar-refractivity contribution >= 4 is 11.7 Å². The fourth-order valence-corrected chi connectivity index (χ4v) is 1.41. The highest BCUT2D eigenvalue weighted by Gasteiger charge is 2.21. The number of carbonyl (C=O) groups excluding carboxylic acids is 1. The Morgan fingerprint density at radius 1 is 1.30 bits per heavy atom. The molecule has 0 aromatic heterocycles. The second-order valence-electron chi connectivity index (χ2n) is 5.45. The molecule has 0 bridgehead atoms. The van der Waals surface area contributed by atoms with Gasteiger partial charge in [0.05, 0.1) is 0 Å². The lowest BCUT2D eigenvalue weighted by Crippen LogP contribution is -2.48. The van der Waals surface area contributed by atoms with Gasteiger partial charge in [-0.1, -0.05) is 17.3 Å². The first kappa shape index (κ1) is 16.0. The molecule has 0 aliphatic carbocycles. The molecule has 0 saturated carbocycles. The van der Waals surface area contributed by atoms with E-state index in [-0.39, 0.29) is 17.3 Å². The van der Waals surface area contributed by atoms with Crippen LogP contribution in [-0.4, -0.2) is 48.0 Å². The topological polar surface area (TPSA) is 91.0 Å². The molecule has 0 saturated heterocycles. The molecule has 0 aliphatic heterocycles. The molecule has 0 heterocycles. The summed E-state index contributed by atoms with van der Waals surface area (Å²) in [5, 5.41) is 14.4. The van der Waals surface area contributed by atoms with Crippen molar-refractivity contribution in [1.29, 1.82) is 0 Å². The Balaban J connectivity index is 2.70. The number of nitrogens with two attached hydrogens (primary N) is 1. The molecule has 0 spiro atoms. The highest BCUT2D eigenvalue weighted by molar-refractivity contribution is 5.99.